The van der Waals surface area contributed by atoms with Gasteiger partial charge < -0.3 is 4.90 Å². The van der Waals surface area contributed by atoms with Crippen molar-refractivity contribution < 1.29 is 4.79 Å². The molecule has 0 unspecified atom stereocenters. The van der Waals surface area contributed by atoms with Crippen LogP contribution in [0.4, 0.5) is 0 Å². The Hall–Kier alpha value is -1.35. The van der Waals surface area contributed by atoms with E-state index >= 15 is 0 Å². The fourth-order valence-electron chi connectivity index (χ4n) is 4.68. The lowest BCUT2D eigenvalue weighted by Gasteiger charge is -2.44. The van der Waals surface area contributed by atoms with E-state index in [1.54, 1.807) is 0 Å². The summed E-state index contributed by atoms with van der Waals surface area (Å²) >= 11 is 0. The van der Waals surface area contributed by atoms with Crippen molar-refractivity contribution in [2.75, 3.05) is 13.6 Å². The quantitative estimate of drug-likeness (QED) is 0.810. The monoisotopic (exact) mass is 328 g/mol. The van der Waals surface area contributed by atoms with Crippen molar-refractivity contribution in [3.8, 4) is 0 Å². The Morgan fingerprint density at radius 3 is 2.54 bits per heavy atom. The zero-order chi connectivity index (χ0) is 17.3. The van der Waals surface area contributed by atoms with Crippen LogP contribution in [0.25, 0.3) is 0 Å². The number of rotatable bonds is 2. The van der Waals surface area contributed by atoms with Crippen molar-refractivity contribution in [1.82, 2.24) is 9.80 Å². The van der Waals surface area contributed by atoms with Crippen molar-refractivity contribution in [3.05, 3.63) is 35.9 Å². The number of benzene rings is 1. The van der Waals surface area contributed by atoms with Gasteiger partial charge in [-0.25, -0.2) is 0 Å². The molecule has 2 heterocycles. The van der Waals surface area contributed by atoms with E-state index in [2.05, 4.69) is 54.1 Å². The number of likely N-dealkylation sites (tertiary alicyclic amines) is 2. The molecule has 0 aliphatic carbocycles. The van der Waals surface area contributed by atoms with Crippen molar-refractivity contribution in [3.63, 3.8) is 0 Å². The minimum atomic E-state index is 0.0503. The smallest absolute Gasteiger partial charge is 0.225 e. The summed E-state index contributed by atoms with van der Waals surface area (Å²) in [5, 5.41) is 0. The van der Waals surface area contributed by atoms with Gasteiger partial charge in [0, 0.05) is 11.5 Å². The van der Waals surface area contributed by atoms with E-state index in [0.717, 1.165) is 19.4 Å². The van der Waals surface area contributed by atoms with Crippen LogP contribution >= 0.6 is 0 Å². The minimum absolute atomic E-state index is 0.0503. The fourth-order valence-corrected chi connectivity index (χ4v) is 4.68. The summed E-state index contributed by atoms with van der Waals surface area (Å²) in [5.41, 5.74) is 1.36. The van der Waals surface area contributed by atoms with E-state index in [1.165, 1.54) is 24.8 Å². The van der Waals surface area contributed by atoms with Gasteiger partial charge in [0.15, 0.2) is 0 Å². The second kappa shape index (κ2) is 6.87. The van der Waals surface area contributed by atoms with Gasteiger partial charge in [-0.2, -0.15) is 0 Å². The third-order valence-electron chi connectivity index (χ3n) is 6.27. The van der Waals surface area contributed by atoms with E-state index in [4.69, 9.17) is 0 Å². The highest BCUT2D eigenvalue weighted by Gasteiger charge is 2.53. The predicted molar refractivity (Wildman–Crippen MR) is 98.8 cm³/mol. The number of nitrogens with zero attached hydrogens (tertiary/aromatic N) is 2. The molecule has 0 bridgehead atoms. The largest absolute Gasteiger partial charge is 0.331 e. The number of carbonyl (C=O) groups is 1. The van der Waals surface area contributed by atoms with E-state index < -0.39 is 0 Å². The first-order chi connectivity index (χ1) is 11.4. The average Bonchev–Trinajstić information content (AvgIpc) is 2.86. The maximum atomic E-state index is 13.1. The molecule has 0 radical (unpaired) electrons. The van der Waals surface area contributed by atoms with Crippen LogP contribution in [0.5, 0.6) is 0 Å². The highest BCUT2D eigenvalue weighted by molar-refractivity contribution is 5.79. The maximum Gasteiger partial charge on any atom is 0.225 e. The van der Waals surface area contributed by atoms with Crippen LogP contribution in [-0.4, -0.2) is 40.9 Å². The van der Waals surface area contributed by atoms with Gasteiger partial charge in [0.1, 0.15) is 0 Å². The standard InChI is InChI=1S/C21H32N2O/c1-16(2)20(24)23-18(17-11-7-5-8-12-17)15-21(3)19(23)13-9-6-10-14-22(21)4/h5,7-8,11-12,16,18-19H,6,9-10,13-15H2,1-4H3/t18-,19-,21-/m0/s1. The van der Waals surface area contributed by atoms with Crippen LogP contribution in [-0.2, 0) is 4.79 Å². The number of hydrogen-bond acceptors (Lipinski definition) is 2. The molecule has 3 rings (SSSR count). The Bertz CT molecular complexity index is 570. The molecule has 0 aromatic heterocycles. The van der Waals surface area contributed by atoms with E-state index in [0.29, 0.717) is 11.9 Å². The van der Waals surface area contributed by atoms with Gasteiger partial charge in [-0.3, -0.25) is 9.69 Å². The molecule has 1 amide bonds. The van der Waals surface area contributed by atoms with Crippen LogP contribution in [0.1, 0.15) is 64.5 Å². The number of likely N-dealkylation sites (N-methyl/N-ethyl adjacent to an activating group) is 1. The second-order valence-electron chi connectivity index (χ2n) is 8.17. The van der Waals surface area contributed by atoms with Gasteiger partial charge in [-0.15, -0.1) is 0 Å². The molecule has 3 heteroatoms. The Labute approximate surface area is 147 Å². The van der Waals surface area contributed by atoms with Crippen LogP contribution < -0.4 is 0 Å². The molecule has 3 atom stereocenters. The van der Waals surface area contributed by atoms with Crippen molar-refractivity contribution in [2.24, 2.45) is 5.92 Å². The summed E-state index contributed by atoms with van der Waals surface area (Å²) in [4.78, 5) is 17.9. The lowest BCUT2D eigenvalue weighted by atomic mass is 9.84. The molecule has 2 saturated heterocycles. The highest BCUT2D eigenvalue weighted by Crippen LogP contribution is 2.48. The molecule has 2 fully saturated rings. The first kappa shape index (κ1) is 17.5. The fraction of sp³-hybridized carbons (Fsp3) is 0.667. The zero-order valence-corrected chi connectivity index (χ0v) is 15.7. The summed E-state index contributed by atoms with van der Waals surface area (Å²) in [6.07, 6.45) is 5.94. The van der Waals surface area contributed by atoms with Crippen LogP contribution in [0.15, 0.2) is 30.3 Å². The molecular weight excluding hydrogens is 296 g/mol. The van der Waals surface area contributed by atoms with Gasteiger partial charge in [-0.05, 0) is 45.3 Å². The number of carbonyl (C=O) groups excluding carboxylic acids is 1. The summed E-state index contributed by atoms with van der Waals surface area (Å²) < 4.78 is 0. The average molecular weight is 328 g/mol. The highest BCUT2D eigenvalue weighted by atomic mass is 16.2. The molecule has 0 saturated carbocycles. The Kier molecular flexibility index (Phi) is 5.00. The topological polar surface area (TPSA) is 23.6 Å². The summed E-state index contributed by atoms with van der Waals surface area (Å²) in [6, 6.07) is 11.2. The summed E-state index contributed by atoms with van der Waals surface area (Å²) in [7, 11) is 2.25. The van der Waals surface area contributed by atoms with Gasteiger partial charge >= 0.3 is 0 Å². The Balaban J connectivity index is 2.03. The number of hydrogen-bond donors (Lipinski definition) is 0. The molecule has 0 spiro atoms. The number of amides is 1. The zero-order valence-electron chi connectivity index (χ0n) is 15.7. The van der Waals surface area contributed by atoms with Gasteiger partial charge in [-0.1, -0.05) is 57.0 Å². The molecule has 132 valence electrons. The Morgan fingerprint density at radius 2 is 1.88 bits per heavy atom. The van der Waals surface area contributed by atoms with Gasteiger partial charge in [0.05, 0.1) is 12.1 Å². The van der Waals surface area contributed by atoms with Gasteiger partial charge in [0.2, 0.25) is 5.91 Å². The van der Waals surface area contributed by atoms with Crippen molar-refractivity contribution >= 4 is 5.91 Å². The minimum Gasteiger partial charge on any atom is -0.331 e. The van der Waals surface area contributed by atoms with Crippen LogP contribution in [0, 0.1) is 5.92 Å². The predicted octanol–water partition coefficient (Wildman–Crippen LogP) is 4.25. The molecular formula is C21H32N2O. The molecule has 3 nitrogen and oxygen atoms in total. The lowest BCUT2D eigenvalue weighted by molar-refractivity contribution is -0.139. The second-order valence-corrected chi connectivity index (χ2v) is 8.17. The van der Waals surface area contributed by atoms with E-state index in [9.17, 15) is 4.79 Å². The Morgan fingerprint density at radius 1 is 1.17 bits per heavy atom. The first-order valence-corrected chi connectivity index (χ1v) is 9.53. The summed E-state index contributed by atoms with van der Waals surface area (Å²) in [6.45, 7) is 7.59. The van der Waals surface area contributed by atoms with Crippen LogP contribution in [0.3, 0.4) is 0 Å². The molecule has 1 aromatic rings. The van der Waals surface area contributed by atoms with E-state index in [-0.39, 0.29) is 17.5 Å². The van der Waals surface area contributed by atoms with Gasteiger partial charge in [0.25, 0.3) is 0 Å². The number of fused-ring (bicyclic) bond motifs is 1. The normalized spacial score (nSPS) is 31.6. The van der Waals surface area contributed by atoms with Crippen LogP contribution in [0.2, 0.25) is 0 Å². The maximum absolute atomic E-state index is 13.1. The third kappa shape index (κ3) is 2.99. The first-order valence-electron chi connectivity index (χ1n) is 9.53. The molecule has 2 aliphatic rings. The molecule has 2 aliphatic heterocycles. The SMILES string of the molecule is CC(C)C(=O)N1[C@H]2CCCCCN(C)[C@@]2(C)C[C@H]1c1ccccc1. The van der Waals surface area contributed by atoms with E-state index in [1.807, 2.05) is 13.8 Å². The summed E-state index contributed by atoms with van der Waals surface area (Å²) in [5.74, 6) is 0.362. The molecule has 1 aromatic carbocycles. The molecule has 24 heavy (non-hydrogen) atoms. The lowest BCUT2D eigenvalue weighted by Crippen LogP contribution is -2.55. The third-order valence-corrected chi connectivity index (χ3v) is 6.27. The van der Waals surface area contributed by atoms with Crippen molar-refractivity contribution in [1.29, 1.82) is 0 Å². The van der Waals surface area contributed by atoms with Crippen molar-refractivity contribution in [2.45, 2.75) is 70.5 Å². The molecule has 0 N–H and O–H groups in total.